The van der Waals surface area contributed by atoms with Crippen LogP contribution in [0.3, 0.4) is 0 Å². The Labute approximate surface area is 151 Å². The zero-order valence-corrected chi connectivity index (χ0v) is 14.5. The summed E-state index contributed by atoms with van der Waals surface area (Å²) in [5.74, 6) is -0.766. The molecule has 0 radical (unpaired) electrons. The predicted octanol–water partition coefficient (Wildman–Crippen LogP) is 3.90. The quantitative estimate of drug-likeness (QED) is 0.786. The summed E-state index contributed by atoms with van der Waals surface area (Å²) in [7, 11) is 0. The van der Waals surface area contributed by atoms with Crippen molar-refractivity contribution < 1.29 is 18.4 Å². The first kappa shape index (κ1) is 18.0. The van der Waals surface area contributed by atoms with Gasteiger partial charge in [0.05, 0.1) is 12.3 Å². The van der Waals surface area contributed by atoms with E-state index in [2.05, 4.69) is 5.16 Å². The maximum absolute atomic E-state index is 13.9. The molecular weight excluding hydrogens is 338 g/mol. The van der Waals surface area contributed by atoms with Gasteiger partial charge in [0, 0.05) is 30.5 Å². The summed E-state index contributed by atoms with van der Waals surface area (Å²) in [5, 5.41) is 4.03. The highest BCUT2D eigenvalue weighted by Crippen LogP contribution is 2.20. The molecule has 0 aliphatic carbocycles. The Morgan fingerprint density at radius 1 is 1.23 bits per heavy atom. The van der Waals surface area contributed by atoms with Gasteiger partial charge in [-0.1, -0.05) is 42.4 Å². The largest absolute Gasteiger partial charge is 0.390 e. The van der Waals surface area contributed by atoms with Gasteiger partial charge in [-0.15, -0.1) is 0 Å². The fraction of sp³-hybridized carbons (Fsp3) is 0.300. The maximum atomic E-state index is 13.9. The molecule has 0 saturated carbocycles. The average molecular weight is 358 g/mol. The van der Waals surface area contributed by atoms with Crippen molar-refractivity contribution in [2.45, 2.75) is 32.4 Å². The van der Waals surface area contributed by atoms with E-state index < -0.39 is 0 Å². The summed E-state index contributed by atoms with van der Waals surface area (Å²) in [6.45, 7) is 2.23. The van der Waals surface area contributed by atoms with E-state index in [-0.39, 0.29) is 30.2 Å². The summed E-state index contributed by atoms with van der Waals surface area (Å²) in [6, 6.07) is 12.5. The Morgan fingerprint density at radius 2 is 2.04 bits per heavy atom. The van der Waals surface area contributed by atoms with E-state index in [1.165, 1.54) is 18.2 Å². The van der Waals surface area contributed by atoms with Crippen molar-refractivity contribution in [1.29, 1.82) is 0 Å². The molecule has 1 atom stereocenters. The monoisotopic (exact) mass is 358 g/mol. The molecule has 0 N–H and O–H groups in total. The Balaban J connectivity index is 1.67. The first-order chi connectivity index (χ1) is 12.6. The van der Waals surface area contributed by atoms with E-state index >= 15 is 0 Å². The van der Waals surface area contributed by atoms with Crippen molar-refractivity contribution in [3.63, 3.8) is 0 Å². The lowest BCUT2D eigenvalue weighted by Crippen LogP contribution is -2.37. The summed E-state index contributed by atoms with van der Waals surface area (Å²) >= 11 is 0. The lowest BCUT2D eigenvalue weighted by molar-refractivity contribution is -0.133. The van der Waals surface area contributed by atoms with Crippen LogP contribution in [0.15, 0.2) is 53.7 Å². The maximum Gasteiger partial charge on any atom is 0.222 e. The van der Waals surface area contributed by atoms with Gasteiger partial charge in [0.1, 0.15) is 11.6 Å². The molecule has 1 unspecified atom stereocenters. The molecule has 136 valence electrons. The first-order valence-corrected chi connectivity index (χ1v) is 8.56. The number of hydrogen-bond donors (Lipinski definition) is 0. The molecule has 4 nitrogen and oxygen atoms in total. The third-order valence-electron chi connectivity index (χ3n) is 4.29. The van der Waals surface area contributed by atoms with Gasteiger partial charge in [-0.25, -0.2) is 8.78 Å². The highest BCUT2D eigenvalue weighted by atomic mass is 19.1. The highest BCUT2D eigenvalue weighted by molar-refractivity contribution is 6.01. The molecule has 1 heterocycles. The Bertz CT molecular complexity index is 823. The molecule has 0 spiro atoms. The van der Waals surface area contributed by atoms with Gasteiger partial charge >= 0.3 is 0 Å². The van der Waals surface area contributed by atoms with Gasteiger partial charge in [-0.3, -0.25) is 4.79 Å². The van der Waals surface area contributed by atoms with Crippen molar-refractivity contribution in [3.8, 4) is 0 Å². The fourth-order valence-corrected chi connectivity index (χ4v) is 2.92. The van der Waals surface area contributed by atoms with Gasteiger partial charge < -0.3 is 9.74 Å². The molecular formula is C20H20F2N2O2. The molecule has 2 aromatic rings. The summed E-state index contributed by atoms with van der Waals surface area (Å²) in [5.41, 5.74) is 1.76. The van der Waals surface area contributed by atoms with Crippen LogP contribution < -0.4 is 0 Å². The van der Waals surface area contributed by atoms with Crippen LogP contribution in [0.1, 0.15) is 30.9 Å². The fourth-order valence-electron chi connectivity index (χ4n) is 2.92. The molecule has 1 amide bonds. The van der Waals surface area contributed by atoms with E-state index in [1.807, 2.05) is 0 Å². The minimum Gasteiger partial charge on any atom is -0.390 e. The SMILES string of the molecule is CCC(=O)N(Cc1ccccc1F)CC1CC(c2cccc(F)c2)=NO1. The average Bonchev–Trinajstić information content (AvgIpc) is 3.11. The van der Waals surface area contributed by atoms with Crippen molar-refractivity contribution in [1.82, 2.24) is 4.90 Å². The van der Waals surface area contributed by atoms with Crippen LogP contribution in [-0.2, 0) is 16.2 Å². The molecule has 1 aliphatic rings. The second-order valence-electron chi connectivity index (χ2n) is 6.20. The second-order valence-corrected chi connectivity index (χ2v) is 6.20. The Kier molecular flexibility index (Phi) is 5.61. The van der Waals surface area contributed by atoms with Gasteiger partial charge in [-0.05, 0) is 18.2 Å². The molecule has 26 heavy (non-hydrogen) atoms. The van der Waals surface area contributed by atoms with Gasteiger partial charge in [0.2, 0.25) is 5.91 Å². The number of hydrogen-bond acceptors (Lipinski definition) is 3. The number of benzene rings is 2. The Morgan fingerprint density at radius 3 is 2.77 bits per heavy atom. The van der Waals surface area contributed by atoms with E-state index in [4.69, 9.17) is 4.84 Å². The highest BCUT2D eigenvalue weighted by Gasteiger charge is 2.27. The van der Waals surface area contributed by atoms with Crippen LogP contribution in [0, 0.1) is 11.6 Å². The summed E-state index contributed by atoms with van der Waals surface area (Å²) in [6.07, 6.45) is 0.447. The molecule has 6 heteroatoms. The first-order valence-electron chi connectivity index (χ1n) is 8.56. The number of carbonyl (C=O) groups excluding carboxylic acids is 1. The summed E-state index contributed by atoms with van der Waals surface area (Å²) < 4.78 is 27.3. The second kappa shape index (κ2) is 8.08. The third-order valence-corrected chi connectivity index (χ3v) is 4.29. The molecule has 0 saturated heterocycles. The Hall–Kier alpha value is -2.76. The molecule has 0 aromatic heterocycles. The lowest BCUT2D eigenvalue weighted by atomic mass is 10.0. The molecule has 3 rings (SSSR count). The van der Waals surface area contributed by atoms with E-state index in [0.29, 0.717) is 36.2 Å². The minimum absolute atomic E-state index is 0.0870. The predicted molar refractivity (Wildman–Crippen MR) is 94.5 cm³/mol. The number of oxime groups is 1. The number of rotatable bonds is 6. The molecule has 0 bridgehead atoms. The van der Waals surface area contributed by atoms with E-state index in [1.54, 1.807) is 42.2 Å². The van der Waals surface area contributed by atoms with Crippen LogP contribution >= 0.6 is 0 Å². The number of nitrogens with zero attached hydrogens (tertiary/aromatic N) is 2. The topological polar surface area (TPSA) is 41.9 Å². The number of halogens is 2. The number of amides is 1. The van der Waals surface area contributed by atoms with Crippen molar-refractivity contribution >= 4 is 11.6 Å². The lowest BCUT2D eigenvalue weighted by Gasteiger charge is -2.24. The van der Waals surface area contributed by atoms with Crippen LogP contribution in [0.25, 0.3) is 0 Å². The zero-order valence-electron chi connectivity index (χ0n) is 14.5. The van der Waals surface area contributed by atoms with E-state index in [9.17, 15) is 13.6 Å². The van der Waals surface area contributed by atoms with Crippen molar-refractivity contribution in [3.05, 3.63) is 71.3 Å². The van der Waals surface area contributed by atoms with Crippen LogP contribution in [0.2, 0.25) is 0 Å². The molecule has 0 fully saturated rings. The standard InChI is InChI=1S/C20H20F2N2O2/c1-2-20(25)24(12-15-6-3-4-9-18(15)22)13-17-11-19(23-26-17)14-7-5-8-16(21)10-14/h3-10,17H,2,11-13H2,1H3. The zero-order chi connectivity index (χ0) is 18.5. The van der Waals surface area contributed by atoms with Crippen LogP contribution in [0.5, 0.6) is 0 Å². The van der Waals surface area contributed by atoms with Gasteiger partial charge in [-0.2, -0.15) is 0 Å². The normalized spacial score (nSPS) is 16.1. The smallest absolute Gasteiger partial charge is 0.222 e. The molecule has 1 aliphatic heterocycles. The number of carbonyl (C=O) groups is 1. The third kappa shape index (κ3) is 4.25. The summed E-state index contributed by atoms with van der Waals surface area (Å²) in [4.78, 5) is 19.3. The van der Waals surface area contributed by atoms with E-state index in [0.717, 1.165) is 0 Å². The van der Waals surface area contributed by atoms with Crippen molar-refractivity contribution in [2.24, 2.45) is 5.16 Å². The van der Waals surface area contributed by atoms with Gasteiger partial charge in [0.15, 0.2) is 6.10 Å². The van der Waals surface area contributed by atoms with Crippen LogP contribution in [-0.4, -0.2) is 29.2 Å². The minimum atomic E-state index is -0.342. The van der Waals surface area contributed by atoms with Crippen molar-refractivity contribution in [2.75, 3.05) is 6.54 Å². The van der Waals surface area contributed by atoms with Crippen LogP contribution in [0.4, 0.5) is 8.78 Å². The molecule has 2 aromatic carbocycles. The van der Waals surface area contributed by atoms with Gasteiger partial charge in [0.25, 0.3) is 0 Å².